The molecule has 0 saturated heterocycles. The third-order valence-corrected chi connectivity index (χ3v) is 5.03. The quantitative estimate of drug-likeness (QED) is 0.546. The Morgan fingerprint density at radius 2 is 1.82 bits per heavy atom. The molecule has 0 amide bonds. The van der Waals surface area contributed by atoms with Gasteiger partial charge in [-0.15, -0.1) is 0 Å². The van der Waals surface area contributed by atoms with E-state index in [1.54, 1.807) is 28.4 Å². The molecule has 0 radical (unpaired) electrons. The molecule has 0 spiro atoms. The lowest BCUT2D eigenvalue weighted by Gasteiger charge is -2.16. The van der Waals surface area contributed by atoms with Gasteiger partial charge in [0.15, 0.2) is 17.5 Å². The maximum absolute atomic E-state index is 6.10. The summed E-state index contributed by atoms with van der Waals surface area (Å²) in [6, 6.07) is 12.2. The Labute approximate surface area is 170 Å². The van der Waals surface area contributed by atoms with E-state index in [0.717, 1.165) is 23.0 Å². The third kappa shape index (κ3) is 4.62. The first-order valence-electron chi connectivity index (χ1n) is 9.11. The third-order valence-electron chi connectivity index (χ3n) is 4.80. The van der Waals surface area contributed by atoms with Crippen molar-refractivity contribution in [3.8, 4) is 17.2 Å². The SMILES string of the molecule is CN=C(NCc1cc(OC)c(OC)c(OC)c1)NC1CC1c1cccc(Cl)c1. The van der Waals surface area contributed by atoms with Crippen molar-refractivity contribution in [1.82, 2.24) is 10.6 Å². The molecule has 28 heavy (non-hydrogen) atoms. The molecule has 2 aromatic rings. The highest BCUT2D eigenvalue weighted by atomic mass is 35.5. The number of methoxy groups -OCH3 is 3. The van der Waals surface area contributed by atoms with Crippen molar-refractivity contribution in [2.45, 2.75) is 24.9 Å². The van der Waals surface area contributed by atoms with Gasteiger partial charge in [0.05, 0.1) is 21.3 Å². The van der Waals surface area contributed by atoms with Crippen molar-refractivity contribution in [3.05, 3.63) is 52.5 Å². The highest BCUT2D eigenvalue weighted by molar-refractivity contribution is 6.30. The minimum absolute atomic E-state index is 0.351. The Hall–Kier alpha value is -2.60. The van der Waals surface area contributed by atoms with Crippen LogP contribution in [0.4, 0.5) is 0 Å². The number of hydrogen-bond donors (Lipinski definition) is 2. The van der Waals surface area contributed by atoms with Crippen LogP contribution in [-0.2, 0) is 6.54 Å². The van der Waals surface area contributed by atoms with E-state index in [4.69, 9.17) is 25.8 Å². The molecule has 1 saturated carbocycles. The molecule has 6 nitrogen and oxygen atoms in total. The van der Waals surface area contributed by atoms with Gasteiger partial charge in [0.1, 0.15) is 0 Å². The van der Waals surface area contributed by atoms with E-state index in [1.165, 1.54) is 5.56 Å². The van der Waals surface area contributed by atoms with Crippen LogP contribution < -0.4 is 24.8 Å². The molecule has 0 aliphatic heterocycles. The molecule has 0 aromatic heterocycles. The van der Waals surface area contributed by atoms with Gasteiger partial charge in [-0.2, -0.15) is 0 Å². The second kappa shape index (κ2) is 9.06. The summed E-state index contributed by atoms with van der Waals surface area (Å²) in [5.74, 6) is 3.05. The smallest absolute Gasteiger partial charge is 0.203 e. The Morgan fingerprint density at radius 3 is 2.39 bits per heavy atom. The molecule has 0 heterocycles. The molecule has 3 rings (SSSR count). The van der Waals surface area contributed by atoms with E-state index in [0.29, 0.717) is 35.8 Å². The van der Waals surface area contributed by atoms with Crippen molar-refractivity contribution in [2.24, 2.45) is 4.99 Å². The molecule has 1 fully saturated rings. The van der Waals surface area contributed by atoms with Crippen LogP contribution in [0.2, 0.25) is 5.02 Å². The normalized spacial score (nSPS) is 18.4. The Morgan fingerprint density at radius 1 is 1.11 bits per heavy atom. The monoisotopic (exact) mass is 403 g/mol. The summed E-state index contributed by atoms with van der Waals surface area (Å²) in [4.78, 5) is 4.33. The number of benzene rings is 2. The number of nitrogens with one attached hydrogen (secondary N) is 2. The zero-order chi connectivity index (χ0) is 20.1. The minimum atomic E-state index is 0.351. The van der Waals surface area contributed by atoms with E-state index >= 15 is 0 Å². The van der Waals surface area contributed by atoms with E-state index < -0.39 is 0 Å². The number of nitrogens with zero attached hydrogens (tertiary/aromatic N) is 1. The number of aliphatic imine (C=N–C) groups is 1. The van der Waals surface area contributed by atoms with E-state index in [2.05, 4.69) is 21.7 Å². The van der Waals surface area contributed by atoms with Gasteiger partial charge in [-0.3, -0.25) is 4.99 Å². The number of rotatable bonds is 7. The highest BCUT2D eigenvalue weighted by Gasteiger charge is 2.39. The van der Waals surface area contributed by atoms with Crippen LogP contribution in [0.5, 0.6) is 17.2 Å². The van der Waals surface area contributed by atoms with Gasteiger partial charge in [-0.25, -0.2) is 0 Å². The summed E-state index contributed by atoms with van der Waals surface area (Å²) in [5.41, 5.74) is 2.25. The summed E-state index contributed by atoms with van der Waals surface area (Å²) in [6.07, 6.45) is 1.06. The number of guanidine groups is 1. The predicted octanol–water partition coefficient (Wildman–Crippen LogP) is 3.59. The fourth-order valence-corrected chi connectivity index (χ4v) is 3.45. The van der Waals surface area contributed by atoms with E-state index in [1.807, 2.05) is 30.3 Å². The zero-order valence-electron chi connectivity index (χ0n) is 16.6. The standard InChI is InChI=1S/C21H26ClN3O3/c1-23-21(25-17-11-16(17)14-6-5-7-15(22)10-14)24-12-13-8-18(26-2)20(28-4)19(9-13)27-3/h5-10,16-17H,11-12H2,1-4H3,(H2,23,24,25). The van der Waals surface area contributed by atoms with Crippen LogP contribution in [0, 0.1) is 0 Å². The molecule has 1 aliphatic carbocycles. The maximum atomic E-state index is 6.10. The molecule has 2 unspecified atom stereocenters. The molecule has 2 atom stereocenters. The second-order valence-corrected chi connectivity index (χ2v) is 7.04. The van der Waals surface area contributed by atoms with Gasteiger partial charge < -0.3 is 24.8 Å². The minimum Gasteiger partial charge on any atom is -0.493 e. The van der Waals surface area contributed by atoms with Gasteiger partial charge >= 0.3 is 0 Å². The Balaban J connectivity index is 1.61. The van der Waals surface area contributed by atoms with Crippen LogP contribution in [0.3, 0.4) is 0 Å². The summed E-state index contributed by atoms with van der Waals surface area (Å²) in [6.45, 7) is 0.574. The maximum Gasteiger partial charge on any atom is 0.203 e. The molecular weight excluding hydrogens is 378 g/mol. The predicted molar refractivity (Wildman–Crippen MR) is 112 cm³/mol. The lowest BCUT2D eigenvalue weighted by molar-refractivity contribution is 0.323. The molecule has 150 valence electrons. The molecular formula is C21H26ClN3O3. The van der Waals surface area contributed by atoms with Crippen molar-refractivity contribution in [2.75, 3.05) is 28.4 Å². The van der Waals surface area contributed by atoms with Crippen LogP contribution in [0.15, 0.2) is 41.4 Å². The molecule has 1 aliphatic rings. The van der Waals surface area contributed by atoms with Crippen molar-refractivity contribution < 1.29 is 14.2 Å². The first-order chi connectivity index (χ1) is 13.6. The summed E-state index contributed by atoms with van der Waals surface area (Å²) in [5, 5.41) is 7.58. The Bertz CT molecular complexity index is 832. The van der Waals surface area contributed by atoms with Gasteiger partial charge in [0.25, 0.3) is 0 Å². The van der Waals surface area contributed by atoms with Crippen LogP contribution in [-0.4, -0.2) is 40.4 Å². The summed E-state index contributed by atoms with van der Waals surface area (Å²) >= 11 is 6.10. The molecule has 2 N–H and O–H groups in total. The van der Waals surface area contributed by atoms with Gasteiger partial charge in [-0.05, 0) is 41.8 Å². The topological polar surface area (TPSA) is 64.1 Å². The second-order valence-electron chi connectivity index (χ2n) is 6.61. The summed E-state index contributed by atoms with van der Waals surface area (Å²) < 4.78 is 16.2. The van der Waals surface area contributed by atoms with Crippen molar-refractivity contribution in [1.29, 1.82) is 0 Å². The molecule has 2 aromatic carbocycles. The largest absolute Gasteiger partial charge is 0.493 e. The summed E-state index contributed by atoms with van der Waals surface area (Å²) in [7, 11) is 6.58. The fraction of sp³-hybridized carbons (Fsp3) is 0.381. The van der Waals surface area contributed by atoms with Crippen LogP contribution in [0.25, 0.3) is 0 Å². The van der Waals surface area contributed by atoms with Crippen molar-refractivity contribution in [3.63, 3.8) is 0 Å². The van der Waals surface area contributed by atoms with E-state index in [9.17, 15) is 0 Å². The number of hydrogen-bond acceptors (Lipinski definition) is 4. The molecule has 7 heteroatoms. The first-order valence-corrected chi connectivity index (χ1v) is 9.49. The van der Waals surface area contributed by atoms with Gasteiger partial charge in [0.2, 0.25) is 5.75 Å². The molecule has 0 bridgehead atoms. The number of halogens is 1. The van der Waals surface area contributed by atoms with Gasteiger partial charge in [-0.1, -0.05) is 23.7 Å². The van der Waals surface area contributed by atoms with Crippen molar-refractivity contribution >= 4 is 17.6 Å². The first kappa shape index (κ1) is 20.1. The lowest BCUT2D eigenvalue weighted by Crippen LogP contribution is -2.38. The lowest BCUT2D eigenvalue weighted by atomic mass is 10.1. The number of ether oxygens (including phenoxy) is 3. The van der Waals surface area contributed by atoms with Crippen LogP contribution >= 0.6 is 11.6 Å². The average molecular weight is 404 g/mol. The van der Waals surface area contributed by atoms with Gasteiger partial charge in [0, 0.05) is 30.6 Å². The fourth-order valence-electron chi connectivity index (χ4n) is 3.25. The average Bonchev–Trinajstić information content (AvgIpc) is 3.49. The Kier molecular flexibility index (Phi) is 6.52. The zero-order valence-corrected chi connectivity index (χ0v) is 17.3. The highest BCUT2D eigenvalue weighted by Crippen LogP contribution is 2.41. The van der Waals surface area contributed by atoms with Crippen LogP contribution in [0.1, 0.15) is 23.5 Å². The van der Waals surface area contributed by atoms with E-state index in [-0.39, 0.29) is 0 Å².